The number of rotatable bonds is 1. The lowest BCUT2D eigenvalue weighted by molar-refractivity contribution is -0.219. The molecule has 0 saturated carbocycles. The maximum absolute atomic E-state index is 9.50. The van der Waals surface area contributed by atoms with Crippen LogP contribution in [-0.2, 0) is 9.47 Å². The van der Waals surface area contributed by atoms with Crippen LogP contribution in [0.2, 0.25) is 0 Å². The van der Waals surface area contributed by atoms with Crippen molar-refractivity contribution in [2.75, 3.05) is 13.2 Å². The number of hydrogen-bond acceptors (Lipinski definition) is 5. The van der Waals surface area contributed by atoms with E-state index in [4.69, 9.17) is 14.6 Å². The van der Waals surface area contributed by atoms with Crippen LogP contribution in [0.4, 0.5) is 0 Å². The third-order valence-electron chi connectivity index (χ3n) is 2.48. The van der Waals surface area contributed by atoms with Crippen LogP contribution in [0.15, 0.2) is 0 Å². The molecule has 2 fully saturated rings. The van der Waals surface area contributed by atoms with Gasteiger partial charge in [-0.1, -0.05) is 0 Å². The van der Waals surface area contributed by atoms with Crippen molar-refractivity contribution in [1.29, 1.82) is 0 Å². The predicted molar refractivity (Wildman–Crippen MR) is 37.3 cm³/mol. The van der Waals surface area contributed by atoms with E-state index >= 15 is 0 Å². The van der Waals surface area contributed by atoms with Crippen LogP contribution in [0.1, 0.15) is 6.42 Å². The highest BCUT2D eigenvalue weighted by Gasteiger charge is 2.54. The lowest BCUT2D eigenvalue weighted by Gasteiger charge is -2.37. The molecule has 0 unspecified atom stereocenters. The minimum atomic E-state index is -1.09. The molecule has 2 aliphatic rings. The van der Waals surface area contributed by atoms with Gasteiger partial charge in [0.1, 0.15) is 11.7 Å². The van der Waals surface area contributed by atoms with Crippen molar-refractivity contribution in [1.82, 2.24) is 0 Å². The fourth-order valence-corrected chi connectivity index (χ4v) is 1.69. The molecule has 0 aromatic heterocycles. The molecule has 0 aromatic rings. The topological polar surface area (TPSA) is 79.2 Å². The first-order valence-corrected chi connectivity index (χ1v) is 3.94. The van der Waals surface area contributed by atoms with Gasteiger partial charge in [0.2, 0.25) is 0 Å². The standard InChI is InChI=1S/C7H12O5/c8-2-7-3-11-5(12-7)1-4(9)6(7)10/h4-6,8-10H,1-3H2/t4-,5+,6-,7+/m1/s1. The lowest BCUT2D eigenvalue weighted by Crippen LogP contribution is -2.56. The first kappa shape index (κ1) is 8.40. The predicted octanol–water partition coefficient (Wildman–Crippen LogP) is -1.78. The zero-order chi connectivity index (χ0) is 8.77. The molecule has 0 radical (unpaired) electrons. The van der Waals surface area contributed by atoms with Gasteiger partial charge in [0.25, 0.3) is 0 Å². The van der Waals surface area contributed by atoms with E-state index in [1.807, 2.05) is 0 Å². The van der Waals surface area contributed by atoms with Gasteiger partial charge in [0.15, 0.2) is 6.29 Å². The van der Waals surface area contributed by atoms with Crippen molar-refractivity contribution in [3.63, 3.8) is 0 Å². The van der Waals surface area contributed by atoms with Crippen molar-refractivity contribution in [2.45, 2.75) is 30.5 Å². The van der Waals surface area contributed by atoms with Crippen LogP contribution in [-0.4, -0.2) is 52.6 Å². The second kappa shape index (κ2) is 2.65. The van der Waals surface area contributed by atoms with Crippen molar-refractivity contribution in [3.8, 4) is 0 Å². The molecular weight excluding hydrogens is 164 g/mol. The number of hydrogen-bond donors (Lipinski definition) is 3. The molecule has 0 aliphatic carbocycles. The average molecular weight is 176 g/mol. The Balaban J connectivity index is 2.21. The van der Waals surface area contributed by atoms with Gasteiger partial charge >= 0.3 is 0 Å². The molecule has 5 heteroatoms. The van der Waals surface area contributed by atoms with E-state index < -0.39 is 24.1 Å². The van der Waals surface area contributed by atoms with E-state index in [9.17, 15) is 10.2 Å². The van der Waals surface area contributed by atoms with Gasteiger partial charge in [-0.05, 0) is 0 Å². The van der Waals surface area contributed by atoms with Crippen LogP contribution in [0, 0.1) is 0 Å². The van der Waals surface area contributed by atoms with Gasteiger partial charge in [0, 0.05) is 6.42 Å². The van der Waals surface area contributed by atoms with Gasteiger partial charge < -0.3 is 24.8 Å². The van der Waals surface area contributed by atoms with Gasteiger partial charge in [-0.3, -0.25) is 0 Å². The Morgan fingerprint density at radius 1 is 1.42 bits per heavy atom. The molecule has 5 nitrogen and oxygen atoms in total. The first-order valence-electron chi connectivity index (χ1n) is 3.94. The fraction of sp³-hybridized carbons (Fsp3) is 1.00. The Bertz CT molecular complexity index is 185. The van der Waals surface area contributed by atoms with Crippen LogP contribution >= 0.6 is 0 Å². The second-order valence-corrected chi connectivity index (χ2v) is 3.33. The highest BCUT2D eigenvalue weighted by molar-refractivity contribution is 4.99. The third kappa shape index (κ3) is 0.982. The Morgan fingerprint density at radius 2 is 2.17 bits per heavy atom. The van der Waals surface area contributed by atoms with E-state index in [0.29, 0.717) is 0 Å². The van der Waals surface area contributed by atoms with Gasteiger partial charge in [-0.2, -0.15) is 0 Å². The summed E-state index contributed by atoms with van der Waals surface area (Å²) in [5.74, 6) is 0. The summed E-state index contributed by atoms with van der Waals surface area (Å²) >= 11 is 0. The Morgan fingerprint density at radius 3 is 2.83 bits per heavy atom. The number of aliphatic hydroxyl groups excluding tert-OH is 3. The summed E-state index contributed by atoms with van der Waals surface area (Å²) in [5.41, 5.74) is -1.09. The minimum absolute atomic E-state index is 0.145. The fourth-order valence-electron chi connectivity index (χ4n) is 1.69. The zero-order valence-electron chi connectivity index (χ0n) is 6.51. The minimum Gasteiger partial charge on any atom is -0.393 e. The zero-order valence-corrected chi connectivity index (χ0v) is 6.51. The molecule has 12 heavy (non-hydrogen) atoms. The maximum atomic E-state index is 9.50. The van der Waals surface area contributed by atoms with Crippen molar-refractivity contribution in [3.05, 3.63) is 0 Å². The summed E-state index contributed by atoms with van der Waals surface area (Å²) in [6.45, 7) is -0.186. The molecule has 2 heterocycles. The summed E-state index contributed by atoms with van der Waals surface area (Å²) in [6, 6.07) is 0. The SMILES string of the molecule is OC[C@]12CO[C@H](C[C@@H](O)[C@H]1O)O2. The van der Waals surface area contributed by atoms with E-state index in [-0.39, 0.29) is 19.6 Å². The lowest BCUT2D eigenvalue weighted by atomic mass is 9.91. The number of aliphatic hydroxyl groups is 3. The van der Waals surface area contributed by atoms with Crippen molar-refractivity contribution in [2.24, 2.45) is 0 Å². The molecule has 2 saturated heterocycles. The summed E-state index contributed by atoms with van der Waals surface area (Å²) in [5, 5.41) is 27.8. The summed E-state index contributed by atoms with van der Waals surface area (Å²) in [7, 11) is 0. The van der Waals surface area contributed by atoms with Gasteiger partial charge in [-0.25, -0.2) is 0 Å². The quantitative estimate of drug-likeness (QED) is 0.440. The molecule has 70 valence electrons. The normalized spacial score (nSPS) is 52.8. The Labute approximate surface area is 69.5 Å². The van der Waals surface area contributed by atoms with Crippen LogP contribution in [0.25, 0.3) is 0 Å². The monoisotopic (exact) mass is 176 g/mol. The van der Waals surface area contributed by atoms with Crippen LogP contribution in [0.3, 0.4) is 0 Å². The van der Waals surface area contributed by atoms with Gasteiger partial charge in [0.05, 0.1) is 19.3 Å². The molecule has 2 bridgehead atoms. The summed E-state index contributed by atoms with van der Waals surface area (Å²) in [4.78, 5) is 0. The molecular formula is C7H12O5. The molecule has 3 N–H and O–H groups in total. The van der Waals surface area contributed by atoms with Gasteiger partial charge in [-0.15, -0.1) is 0 Å². The molecule has 0 spiro atoms. The molecule has 0 aromatic carbocycles. The third-order valence-corrected chi connectivity index (χ3v) is 2.48. The maximum Gasteiger partial charge on any atom is 0.161 e. The molecule has 2 rings (SSSR count). The molecule has 0 amide bonds. The van der Waals surface area contributed by atoms with E-state index in [0.717, 1.165) is 0 Å². The van der Waals surface area contributed by atoms with Crippen molar-refractivity contribution >= 4 is 0 Å². The highest BCUT2D eigenvalue weighted by Crippen LogP contribution is 2.35. The Hall–Kier alpha value is -0.200. The smallest absolute Gasteiger partial charge is 0.161 e. The molecule has 4 atom stereocenters. The average Bonchev–Trinajstić information content (AvgIpc) is 2.43. The summed E-state index contributed by atoms with van der Waals surface area (Å²) in [6.07, 6.45) is -2.13. The van der Waals surface area contributed by atoms with Crippen LogP contribution < -0.4 is 0 Å². The van der Waals surface area contributed by atoms with E-state index in [1.54, 1.807) is 0 Å². The van der Waals surface area contributed by atoms with E-state index in [2.05, 4.69) is 0 Å². The number of ether oxygens (including phenoxy) is 2. The summed E-state index contributed by atoms with van der Waals surface area (Å²) < 4.78 is 10.3. The van der Waals surface area contributed by atoms with Crippen molar-refractivity contribution < 1.29 is 24.8 Å². The second-order valence-electron chi connectivity index (χ2n) is 3.33. The van der Waals surface area contributed by atoms with E-state index in [1.165, 1.54) is 0 Å². The first-order chi connectivity index (χ1) is 5.68. The largest absolute Gasteiger partial charge is 0.393 e. The highest BCUT2D eigenvalue weighted by atomic mass is 16.7. The van der Waals surface area contributed by atoms with Crippen LogP contribution in [0.5, 0.6) is 0 Å². The number of fused-ring (bicyclic) bond motifs is 2. The molecule has 2 aliphatic heterocycles. The Kier molecular flexibility index (Phi) is 1.85.